The first-order valence-corrected chi connectivity index (χ1v) is 11.5. The topological polar surface area (TPSA) is 29.1 Å². The summed E-state index contributed by atoms with van der Waals surface area (Å²) in [7, 11) is 0. The van der Waals surface area contributed by atoms with Gasteiger partial charge < -0.3 is 5.32 Å². The molecule has 0 aliphatic carbocycles. The van der Waals surface area contributed by atoms with Crippen molar-refractivity contribution in [2.45, 2.75) is 91.5 Å². The maximum absolute atomic E-state index is 12.5. The first-order chi connectivity index (χ1) is 12.9. The zero-order valence-electron chi connectivity index (χ0n) is 17.6. The molecule has 1 heterocycles. The van der Waals surface area contributed by atoms with Crippen LogP contribution in [0.15, 0.2) is 29.6 Å². The molecule has 0 bridgehead atoms. The Labute approximate surface area is 169 Å². The highest BCUT2D eigenvalue weighted by molar-refractivity contribution is 7.17. The average molecular weight is 388 g/mol. The Balaban J connectivity index is 1.85. The van der Waals surface area contributed by atoms with Crippen molar-refractivity contribution in [1.82, 2.24) is 5.32 Å². The van der Waals surface area contributed by atoms with Crippen LogP contribution in [0, 0.1) is 5.41 Å². The van der Waals surface area contributed by atoms with E-state index >= 15 is 0 Å². The van der Waals surface area contributed by atoms with Gasteiger partial charge in [0.1, 0.15) is 0 Å². The van der Waals surface area contributed by atoms with E-state index in [0.29, 0.717) is 6.42 Å². The van der Waals surface area contributed by atoms with Crippen molar-refractivity contribution >= 4 is 27.3 Å². The summed E-state index contributed by atoms with van der Waals surface area (Å²) in [5, 5.41) is 6.92. The van der Waals surface area contributed by atoms with E-state index in [1.54, 1.807) is 11.3 Å². The summed E-state index contributed by atoms with van der Waals surface area (Å²) in [4.78, 5) is 12.5. The summed E-state index contributed by atoms with van der Waals surface area (Å²) in [6.45, 7) is 8.91. The van der Waals surface area contributed by atoms with Gasteiger partial charge in [-0.3, -0.25) is 4.79 Å². The molecule has 0 fully saturated rings. The van der Waals surface area contributed by atoms with Gasteiger partial charge in [-0.15, -0.1) is 11.3 Å². The monoisotopic (exact) mass is 387 g/mol. The fraction of sp³-hybridized carbons (Fsp3) is 0.625. The second-order valence-corrected chi connectivity index (χ2v) is 9.73. The second kappa shape index (κ2) is 10.8. The van der Waals surface area contributed by atoms with Crippen LogP contribution in [0.4, 0.5) is 0 Å². The van der Waals surface area contributed by atoms with Gasteiger partial charge >= 0.3 is 0 Å². The molecule has 0 saturated heterocycles. The predicted octanol–water partition coefficient (Wildman–Crippen LogP) is 7.12. The number of rotatable bonds is 11. The van der Waals surface area contributed by atoms with Crippen LogP contribution >= 0.6 is 11.3 Å². The third-order valence-electron chi connectivity index (χ3n) is 5.37. The van der Waals surface area contributed by atoms with E-state index in [-0.39, 0.29) is 17.4 Å². The molecule has 1 aromatic carbocycles. The Morgan fingerprint density at radius 3 is 2.41 bits per heavy atom. The molecular weight excluding hydrogens is 350 g/mol. The minimum Gasteiger partial charge on any atom is -0.353 e. The Morgan fingerprint density at radius 1 is 1.04 bits per heavy atom. The number of carbonyl (C=O) groups is 1. The minimum atomic E-state index is 0.0405. The van der Waals surface area contributed by atoms with Gasteiger partial charge in [-0.05, 0) is 40.7 Å². The zero-order chi connectivity index (χ0) is 19.7. The molecule has 27 heavy (non-hydrogen) atoms. The fourth-order valence-corrected chi connectivity index (χ4v) is 4.47. The number of hydrogen-bond acceptors (Lipinski definition) is 2. The lowest BCUT2D eigenvalue weighted by molar-refractivity contribution is -0.122. The lowest BCUT2D eigenvalue weighted by atomic mass is 9.83. The molecule has 1 amide bonds. The van der Waals surface area contributed by atoms with Crippen molar-refractivity contribution in [1.29, 1.82) is 0 Å². The number of carbonyl (C=O) groups excluding carboxylic acids is 1. The molecule has 150 valence electrons. The molecule has 2 aromatic rings. The highest BCUT2D eigenvalue weighted by Gasteiger charge is 2.27. The van der Waals surface area contributed by atoms with Crippen LogP contribution in [-0.4, -0.2) is 11.9 Å². The molecule has 0 radical (unpaired) electrons. The first kappa shape index (κ1) is 21.9. The maximum Gasteiger partial charge on any atom is 0.220 e. The lowest BCUT2D eigenvalue weighted by Crippen LogP contribution is -2.45. The zero-order valence-corrected chi connectivity index (χ0v) is 18.5. The molecular formula is C24H37NOS. The Bertz CT molecular complexity index is 698. The van der Waals surface area contributed by atoms with Crippen molar-refractivity contribution < 1.29 is 4.79 Å². The van der Waals surface area contributed by atoms with Gasteiger partial charge in [0.15, 0.2) is 0 Å². The number of benzene rings is 1. The van der Waals surface area contributed by atoms with Crippen LogP contribution in [0.3, 0.4) is 0 Å². The van der Waals surface area contributed by atoms with Crippen molar-refractivity contribution in [3.8, 4) is 0 Å². The third-order valence-corrected chi connectivity index (χ3v) is 6.39. The van der Waals surface area contributed by atoms with E-state index in [1.165, 1.54) is 54.2 Å². The maximum atomic E-state index is 12.5. The molecule has 2 rings (SSSR count). The van der Waals surface area contributed by atoms with Gasteiger partial charge in [0.2, 0.25) is 5.91 Å². The van der Waals surface area contributed by atoms with Gasteiger partial charge in [0.05, 0.1) is 0 Å². The largest absolute Gasteiger partial charge is 0.353 e. The van der Waals surface area contributed by atoms with Crippen LogP contribution in [0.1, 0.15) is 84.6 Å². The molecule has 2 nitrogen and oxygen atoms in total. The van der Waals surface area contributed by atoms with Crippen molar-refractivity contribution in [3.63, 3.8) is 0 Å². The van der Waals surface area contributed by atoms with Gasteiger partial charge in [0.25, 0.3) is 0 Å². The van der Waals surface area contributed by atoms with Crippen molar-refractivity contribution in [2.75, 3.05) is 0 Å². The average Bonchev–Trinajstić information content (AvgIpc) is 3.03. The van der Waals surface area contributed by atoms with Gasteiger partial charge in [-0.1, -0.05) is 84.4 Å². The highest BCUT2D eigenvalue weighted by atomic mass is 32.1. The van der Waals surface area contributed by atoms with Gasteiger partial charge in [-0.25, -0.2) is 0 Å². The lowest BCUT2D eigenvalue weighted by Gasteiger charge is -2.31. The quantitative estimate of drug-likeness (QED) is 0.409. The molecule has 0 spiro atoms. The molecule has 0 aliphatic rings. The van der Waals surface area contributed by atoms with E-state index in [1.807, 2.05) is 0 Å². The van der Waals surface area contributed by atoms with E-state index in [0.717, 1.165) is 12.8 Å². The van der Waals surface area contributed by atoms with Crippen LogP contribution in [0.25, 0.3) is 10.1 Å². The fourth-order valence-electron chi connectivity index (χ4n) is 3.49. The SMILES string of the molecule is CCCCCCCCCC(=O)N[C@@H](Cc1csc2ccccc12)C(C)(C)C. The van der Waals surface area contributed by atoms with E-state index in [9.17, 15) is 4.79 Å². The summed E-state index contributed by atoms with van der Waals surface area (Å²) in [6.07, 6.45) is 10.3. The summed E-state index contributed by atoms with van der Waals surface area (Å²) < 4.78 is 1.33. The normalized spacial score (nSPS) is 13.0. The van der Waals surface area contributed by atoms with E-state index in [4.69, 9.17) is 0 Å². The Hall–Kier alpha value is -1.35. The number of hydrogen-bond donors (Lipinski definition) is 1. The number of fused-ring (bicyclic) bond motifs is 1. The molecule has 1 aromatic heterocycles. The highest BCUT2D eigenvalue weighted by Crippen LogP contribution is 2.30. The Kier molecular flexibility index (Phi) is 8.82. The minimum absolute atomic E-state index is 0.0405. The Morgan fingerprint density at radius 2 is 1.70 bits per heavy atom. The van der Waals surface area contributed by atoms with E-state index < -0.39 is 0 Å². The van der Waals surface area contributed by atoms with Crippen LogP contribution in [0.5, 0.6) is 0 Å². The molecule has 1 N–H and O–H groups in total. The van der Waals surface area contributed by atoms with Crippen LogP contribution in [-0.2, 0) is 11.2 Å². The predicted molar refractivity (Wildman–Crippen MR) is 120 cm³/mol. The summed E-state index contributed by atoms with van der Waals surface area (Å²) in [5.41, 5.74) is 1.39. The van der Waals surface area contributed by atoms with E-state index in [2.05, 4.69) is 62.7 Å². The standard InChI is InChI=1S/C24H37NOS/c1-5-6-7-8-9-10-11-16-23(26)25-22(24(2,3)4)17-19-18-27-21-15-13-12-14-20(19)21/h12-15,18,22H,5-11,16-17H2,1-4H3,(H,25,26)/t22-/m0/s1. The summed E-state index contributed by atoms with van der Waals surface area (Å²) in [5.74, 6) is 0.211. The smallest absolute Gasteiger partial charge is 0.220 e. The molecule has 1 atom stereocenters. The van der Waals surface area contributed by atoms with Crippen LogP contribution < -0.4 is 5.32 Å². The molecule has 0 saturated carbocycles. The number of thiophene rings is 1. The number of amides is 1. The number of unbranched alkanes of at least 4 members (excludes halogenated alkanes) is 6. The second-order valence-electron chi connectivity index (χ2n) is 8.82. The first-order valence-electron chi connectivity index (χ1n) is 10.7. The summed E-state index contributed by atoms with van der Waals surface area (Å²) >= 11 is 1.80. The third kappa shape index (κ3) is 7.29. The van der Waals surface area contributed by atoms with Gasteiger partial charge in [0, 0.05) is 17.2 Å². The molecule has 0 unspecified atom stereocenters. The van der Waals surface area contributed by atoms with Crippen LogP contribution in [0.2, 0.25) is 0 Å². The summed E-state index contributed by atoms with van der Waals surface area (Å²) in [6, 6.07) is 8.72. The molecule has 3 heteroatoms. The van der Waals surface area contributed by atoms with Crippen molar-refractivity contribution in [2.24, 2.45) is 5.41 Å². The number of nitrogens with one attached hydrogen (secondary N) is 1. The molecule has 0 aliphatic heterocycles. The van der Waals surface area contributed by atoms with Gasteiger partial charge in [-0.2, -0.15) is 0 Å². The van der Waals surface area contributed by atoms with Crippen molar-refractivity contribution in [3.05, 3.63) is 35.2 Å².